The summed E-state index contributed by atoms with van der Waals surface area (Å²) in [5, 5.41) is 6.56. The largest absolute Gasteiger partial charge is 0.379 e. The van der Waals surface area contributed by atoms with Gasteiger partial charge < -0.3 is 10.6 Å². The first-order chi connectivity index (χ1) is 11.7. The Morgan fingerprint density at radius 2 is 1.76 bits per heavy atom. The zero-order valence-corrected chi connectivity index (χ0v) is 15.7. The number of hydrogen-bond acceptors (Lipinski definition) is 2. The van der Waals surface area contributed by atoms with E-state index in [9.17, 15) is 4.79 Å². The van der Waals surface area contributed by atoms with Crippen LogP contribution in [0.3, 0.4) is 0 Å². The average molecular weight is 334 g/mol. The normalized spacial score (nSPS) is 16.9. The Morgan fingerprint density at radius 1 is 1.12 bits per heavy atom. The van der Waals surface area contributed by atoms with Gasteiger partial charge in [0.05, 0.1) is 0 Å². The van der Waals surface area contributed by atoms with Crippen molar-refractivity contribution in [2.75, 3.05) is 5.32 Å². The molecular formula is C22H26N2O. The lowest BCUT2D eigenvalue weighted by Gasteiger charge is -2.35. The molecule has 130 valence electrons. The highest BCUT2D eigenvalue weighted by atomic mass is 16.1. The molecule has 3 nitrogen and oxygen atoms in total. The van der Waals surface area contributed by atoms with Gasteiger partial charge in [0.25, 0.3) is 0 Å². The van der Waals surface area contributed by atoms with E-state index < -0.39 is 0 Å². The van der Waals surface area contributed by atoms with Gasteiger partial charge in [-0.15, -0.1) is 0 Å². The number of benzene rings is 2. The van der Waals surface area contributed by atoms with Gasteiger partial charge in [-0.25, -0.2) is 0 Å². The lowest BCUT2D eigenvalue weighted by Crippen LogP contribution is -2.44. The molecule has 0 radical (unpaired) electrons. The molecule has 25 heavy (non-hydrogen) atoms. The lowest BCUT2D eigenvalue weighted by atomic mass is 9.86. The minimum Gasteiger partial charge on any atom is -0.379 e. The highest BCUT2D eigenvalue weighted by molar-refractivity contribution is 6.05. The van der Waals surface area contributed by atoms with Gasteiger partial charge in [0.2, 0.25) is 5.91 Å². The molecule has 0 spiro atoms. The maximum atomic E-state index is 12.7. The molecule has 1 aliphatic heterocycles. The zero-order chi connectivity index (χ0) is 18.2. The van der Waals surface area contributed by atoms with Crippen molar-refractivity contribution in [3.63, 3.8) is 0 Å². The number of aryl methyl sites for hydroxylation is 3. The van der Waals surface area contributed by atoms with E-state index in [0.717, 1.165) is 34.5 Å². The van der Waals surface area contributed by atoms with Crippen LogP contribution in [0.4, 0.5) is 5.69 Å². The van der Waals surface area contributed by atoms with Crippen molar-refractivity contribution in [3.05, 3.63) is 70.3 Å². The average Bonchev–Trinajstić information content (AvgIpc) is 2.49. The molecule has 1 amide bonds. The molecule has 0 saturated heterocycles. The van der Waals surface area contributed by atoms with Crippen molar-refractivity contribution < 1.29 is 4.79 Å². The molecule has 2 aromatic carbocycles. The van der Waals surface area contributed by atoms with Crippen molar-refractivity contribution in [2.24, 2.45) is 0 Å². The number of nitrogens with one attached hydrogen (secondary N) is 2. The van der Waals surface area contributed by atoms with Crippen LogP contribution in [-0.4, -0.2) is 11.4 Å². The van der Waals surface area contributed by atoms with Crippen molar-refractivity contribution in [3.8, 4) is 0 Å². The van der Waals surface area contributed by atoms with Crippen molar-refractivity contribution in [2.45, 2.75) is 46.6 Å². The van der Waals surface area contributed by atoms with E-state index in [1.165, 1.54) is 11.1 Å². The molecule has 2 N–H and O–H groups in total. The molecule has 0 saturated carbocycles. The molecule has 0 aromatic heterocycles. The van der Waals surface area contributed by atoms with E-state index >= 15 is 0 Å². The number of carbonyl (C=O) groups is 1. The summed E-state index contributed by atoms with van der Waals surface area (Å²) >= 11 is 0. The smallest absolute Gasteiger partial charge is 0.250 e. The van der Waals surface area contributed by atoms with E-state index in [-0.39, 0.29) is 11.4 Å². The van der Waals surface area contributed by atoms with Crippen LogP contribution in [0.2, 0.25) is 0 Å². The van der Waals surface area contributed by atoms with Crippen molar-refractivity contribution >= 4 is 17.3 Å². The van der Waals surface area contributed by atoms with E-state index in [2.05, 4.69) is 61.7 Å². The van der Waals surface area contributed by atoms with Crippen molar-refractivity contribution in [1.82, 2.24) is 5.32 Å². The second-order valence-electron chi connectivity index (χ2n) is 7.66. The summed E-state index contributed by atoms with van der Waals surface area (Å²) < 4.78 is 0. The molecular weight excluding hydrogens is 308 g/mol. The van der Waals surface area contributed by atoms with Crippen LogP contribution < -0.4 is 10.6 Å². The van der Waals surface area contributed by atoms with Crippen LogP contribution >= 0.6 is 0 Å². The van der Waals surface area contributed by atoms with E-state index in [1.807, 2.05) is 19.9 Å². The minimum absolute atomic E-state index is 0.0733. The monoisotopic (exact) mass is 334 g/mol. The standard InChI is InChI=1S/C22H26N2O/c1-14-10-15(2)21(16(3)11-14)23-20(25)12-19-18-9-7-6-8-17(18)13-22(4,5)24-19/h6-12,24H,13H2,1-5H3,(H,23,25)/b19-12-. The minimum atomic E-state index is -0.106. The number of anilines is 1. The van der Waals surface area contributed by atoms with Gasteiger partial charge in [0, 0.05) is 28.6 Å². The Labute approximate surface area is 150 Å². The predicted octanol–water partition coefficient (Wildman–Crippen LogP) is 4.52. The van der Waals surface area contributed by atoms with Crippen LogP contribution in [0.5, 0.6) is 0 Å². The first-order valence-corrected chi connectivity index (χ1v) is 8.72. The Morgan fingerprint density at radius 3 is 2.44 bits per heavy atom. The van der Waals surface area contributed by atoms with Crippen molar-refractivity contribution in [1.29, 1.82) is 0 Å². The number of amides is 1. The van der Waals surface area contributed by atoms with Gasteiger partial charge in [0.1, 0.15) is 0 Å². The van der Waals surface area contributed by atoms with E-state index in [0.29, 0.717) is 0 Å². The predicted molar refractivity (Wildman–Crippen MR) is 105 cm³/mol. The first kappa shape index (κ1) is 17.3. The van der Waals surface area contributed by atoms with Gasteiger partial charge in [-0.1, -0.05) is 42.0 Å². The molecule has 1 aliphatic rings. The number of fused-ring (bicyclic) bond motifs is 1. The third-order valence-corrected chi connectivity index (χ3v) is 4.61. The summed E-state index contributed by atoms with van der Waals surface area (Å²) in [5.41, 5.74) is 7.46. The van der Waals surface area contributed by atoms with Gasteiger partial charge in [0.15, 0.2) is 0 Å². The Kier molecular flexibility index (Phi) is 4.42. The molecule has 0 aliphatic carbocycles. The molecule has 3 heteroatoms. The maximum absolute atomic E-state index is 12.7. The Hall–Kier alpha value is -2.55. The van der Waals surface area contributed by atoms with Crippen LogP contribution in [0.25, 0.3) is 5.70 Å². The summed E-state index contributed by atoms with van der Waals surface area (Å²) in [5.74, 6) is -0.106. The van der Waals surface area contributed by atoms with Gasteiger partial charge in [-0.2, -0.15) is 0 Å². The fraction of sp³-hybridized carbons (Fsp3) is 0.318. The van der Waals surface area contributed by atoms with Gasteiger partial charge >= 0.3 is 0 Å². The van der Waals surface area contributed by atoms with Crippen LogP contribution in [0.1, 0.15) is 41.7 Å². The van der Waals surface area contributed by atoms with Crippen LogP contribution in [0, 0.1) is 20.8 Å². The van der Waals surface area contributed by atoms with Crippen LogP contribution in [-0.2, 0) is 11.2 Å². The summed E-state index contributed by atoms with van der Waals surface area (Å²) in [7, 11) is 0. The Balaban J connectivity index is 1.92. The topological polar surface area (TPSA) is 41.1 Å². The summed E-state index contributed by atoms with van der Waals surface area (Å²) in [6.07, 6.45) is 2.62. The maximum Gasteiger partial charge on any atom is 0.250 e. The quantitative estimate of drug-likeness (QED) is 0.793. The van der Waals surface area contributed by atoms with Gasteiger partial charge in [-0.3, -0.25) is 4.79 Å². The third-order valence-electron chi connectivity index (χ3n) is 4.61. The van der Waals surface area contributed by atoms with Crippen LogP contribution in [0.15, 0.2) is 42.5 Å². The molecule has 2 aromatic rings. The molecule has 0 bridgehead atoms. The summed E-state index contributed by atoms with van der Waals surface area (Å²) in [4.78, 5) is 12.7. The molecule has 0 unspecified atom stereocenters. The fourth-order valence-corrected chi connectivity index (χ4v) is 3.67. The second-order valence-corrected chi connectivity index (χ2v) is 7.66. The number of hydrogen-bond donors (Lipinski definition) is 2. The molecule has 1 heterocycles. The van der Waals surface area contributed by atoms with E-state index in [1.54, 1.807) is 6.08 Å². The highest BCUT2D eigenvalue weighted by Crippen LogP contribution is 2.29. The second kappa shape index (κ2) is 6.40. The summed E-state index contributed by atoms with van der Waals surface area (Å²) in [6, 6.07) is 12.5. The highest BCUT2D eigenvalue weighted by Gasteiger charge is 2.27. The molecule has 0 atom stereocenters. The lowest BCUT2D eigenvalue weighted by molar-refractivity contribution is -0.111. The Bertz CT molecular complexity index is 839. The zero-order valence-electron chi connectivity index (χ0n) is 15.7. The summed E-state index contributed by atoms with van der Waals surface area (Å²) in [6.45, 7) is 10.4. The van der Waals surface area contributed by atoms with Gasteiger partial charge in [-0.05, 0) is 57.7 Å². The SMILES string of the molecule is Cc1cc(C)c(NC(=O)/C=C2\NC(C)(C)Cc3ccccc32)c(C)c1. The molecule has 3 rings (SSSR count). The fourth-order valence-electron chi connectivity index (χ4n) is 3.67. The third kappa shape index (κ3) is 3.76. The first-order valence-electron chi connectivity index (χ1n) is 8.72. The molecule has 0 fully saturated rings. The number of rotatable bonds is 2. The number of carbonyl (C=O) groups excluding carboxylic acids is 1. The van der Waals surface area contributed by atoms with E-state index in [4.69, 9.17) is 0 Å².